The van der Waals surface area contributed by atoms with Gasteiger partial charge in [-0.1, -0.05) is 23.1 Å². The van der Waals surface area contributed by atoms with Crippen LogP contribution in [0.1, 0.15) is 18.5 Å². The molecule has 0 unspecified atom stereocenters. The van der Waals surface area contributed by atoms with Gasteiger partial charge in [0.25, 0.3) is 0 Å². The van der Waals surface area contributed by atoms with Crippen molar-refractivity contribution in [2.45, 2.75) is 17.3 Å². The normalized spacial score (nSPS) is 11.8. The number of benzene rings is 1. The van der Waals surface area contributed by atoms with Crippen LogP contribution in [0.2, 0.25) is 0 Å². The van der Waals surface area contributed by atoms with Gasteiger partial charge in [0, 0.05) is 5.56 Å². The van der Waals surface area contributed by atoms with Crippen LogP contribution in [0.4, 0.5) is 5.13 Å². The van der Waals surface area contributed by atoms with E-state index in [0.717, 1.165) is 5.56 Å². The van der Waals surface area contributed by atoms with Gasteiger partial charge >= 0.3 is 0 Å². The summed E-state index contributed by atoms with van der Waals surface area (Å²) in [4.78, 5) is 12.1. The Hall–Kier alpha value is -2.00. The molecule has 2 aromatic rings. The predicted molar refractivity (Wildman–Crippen MR) is 91.1 cm³/mol. The van der Waals surface area contributed by atoms with Crippen LogP contribution in [0.15, 0.2) is 22.5 Å². The molecule has 0 saturated heterocycles. The maximum absolute atomic E-state index is 12.1. The largest absolute Gasteiger partial charge is 0.497 e. The number of nitrogens with one attached hydrogen (secondary N) is 1. The molecule has 7 nitrogen and oxygen atoms in total. The highest BCUT2D eigenvalue weighted by molar-refractivity contribution is 8.01. The summed E-state index contributed by atoms with van der Waals surface area (Å²) in [6, 6.07) is 5.26. The average molecular weight is 354 g/mol. The average Bonchev–Trinajstić information content (AvgIpc) is 2.97. The van der Waals surface area contributed by atoms with E-state index in [1.54, 1.807) is 14.2 Å². The number of nitrogens with zero attached hydrogens (tertiary/aromatic N) is 2. The second-order valence-electron chi connectivity index (χ2n) is 4.59. The third kappa shape index (κ3) is 4.73. The molecule has 0 spiro atoms. The number of anilines is 1. The number of thioether (sulfide) groups is 1. The fraction of sp³-hybridized carbons (Fsp3) is 0.357. The van der Waals surface area contributed by atoms with Gasteiger partial charge in [-0.25, -0.2) is 0 Å². The number of nitrogens with two attached hydrogens (primary N) is 1. The maximum atomic E-state index is 12.1. The predicted octanol–water partition coefficient (Wildman–Crippen LogP) is 2.11. The number of hydrogen-bond acceptors (Lipinski definition) is 8. The smallest absolute Gasteiger partial charge is 0.230 e. The maximum Gasteiger partial charge on any atom is 0.230 e. The Kier molecular flexibility index (Phi) is 6.05. The molecule has 0 aliphatic carbocycles. The molecule has 0 bridgehead atoms. The highest BCUT2D eigenvalue weighted by Crippen LogP contribution is 2.29. The third-order valence-electron chi connectivity index (χ3n) is 3.03. The van der Waals surface area contributed by atoms with Crippen LogP contribution in [-0.2, 0) is 4.79 Å². The Bertz CT molecular complexity index is 678. The molecule has 124 valence electrons. The van der Waals surface area contributed by atoms with Gasteiger partial charge in [0.05, 0.1) is 26.0 Å². The zero-order valence-corrected chi connectivity index (χ0v) is 14.7. The van der Waals surface area contributed by atoms with Gasteiger partial charge in [-0.3, -0.25) is 4.79 Å². The number of aromatic nitrogens is 2. The standard InChI is InChI=1S/C14H18N4O3S2/c1-8(10-6-9(20-2)4-5-11(10)21-3)16-12(19)7-22-14-18-17-13(15)23-14/h4-6,8H,7H2,1-3H3,(H2,15,17)(H,16,19)/t8-/m1/s1. The number of methoxy groups -OCH3 is 2. The van der Waals surface area contributed by atoms with Gasteiger partial charge in [-0.15, -0.1) is 10.2 Å². The number of ether oxygens (including phenoxy) is 2. The first-order chi connectivity index (χ1) is 11.0. The molecule has 0 radical (unpaired) electrons. The van der Waals surface area contributed by atoms with Crippen molar-refractivity contribution in [3.63, 3.8) is 0 Å². The quantitative estimate of drug-likeness (QED) is 0.735. The highest BCUT2D eigenvalue weighted by Gasteiger charge is 2.16. The van der Waals surface area contributed by atoms with Crippen LogP contribution >= 0.6 is 23.1 Å². The van der Waals surface area contributed by atoms with Crippen molar-refractivity contribution in [2.24, 2.45) is 0 Å². The molecule has 1 amide bonds. The lowest BCUT2D eigenvalue weighted by Gasteiger charge is -2.18. The summed E-state index contributed by atoms with van der Waals surface area (Å²) in [5.41, 5.74) is 6.36. The molecule has 1 heterocycles. The van der Waals surface area contributed by atoms with Gasteiger partial charge in [0.15, 0.2) is 4.34 Å². The molecule has 23 heavy (non-hydrogen) atoms. The van der Waals surface area contributed by atoms with Gasteiger partial charge in [-0.2, -0.15) is 0 Å². The third-order valence-corrected chi connectivity index (χ3v) is 4.92. The van der Waals surface area contributed by atoms with Crippen molar-refractivity contribution in [1.82, 2.24) is 15.5 Å². The van der Waals surface area contributed by atoms with Gasteiger partial charge in [0.2, 0.25) is 11.0 Å². The van der Waals surface area contributed by atoms with Crippen molar-refractivity contribution in [1.29, 1.82) is 0 Å². The lowest BCUT2D eigenvalue weighted by Crippen LogP contribution is -2.28. The summed E-state index contributed by atoms with van der Waals surface area (Å²) in [6.45, 7) is 1.89. The van der Waals surface area contributed by atoms with Crippen LogP contribution < -0.4 is 20.5 Å². The lowest BCUT2D eigenvalue weighted by atomic mass is 10.1. The van der Waals surface area contributed by atoms with E-state index in [2.05, 4.69) is 15.5 Å². The molecule has 1 aromatic carbocycles. The number of hydrogen-bond donors (Lipinski definition) is 2. The molecule has 0 aliphatic rings. The first-order valence-electron chi connectivity index (χ1n) is 6.76. The highest BCUT2D eigenvalue weighted by atomic mass is 32.2. The molecule has 1 atom stereocenters. The van der Waals surface area contributed by atoms with E-state index in [0.29, 0.717) is 21.0 Å². The van der Waals surface area contributed by atoms with E-state index in [4.69, 9.17) is 15.2 Å². The van der Waals surface area contributed by atoms with E-state index in [1.807, 2.05) is 25.1 Å². The van der Waals surface area contributed by atoms with Gasteiger partial charge in [0.1, 0.15) is 11.5 Å². The number of rotatable bonds is 7. The Morgan fingerprint density at radius 2 is 2.17 bits per heavy atom. The summed E-state index contributed by atoms with van der Waals surface area (Å²) in [6.07, 6.45) is 0. The lowest BCUT2D eigenvalue weighted by molar-refractivity contribution is -0.119. The molecular weight excluding hydrogens is 336 g/mol. The minimum absolute atomic E-state index is 0.110. The van der Waals surface area contributed by atoms with Crippen molar-refractivity contribution < 1.29 is 14.3 Å². The summed E-state index contributed by atoms with van der Waals surface area (Å²) in [5, 5.41) is 10.9. The van der Waals surface area contributed by atoms with E-state index in [9.17, 15) is 4.79 Å². The van der Waals surface area contributed by atoms with Crippen molar-refractivity contribution in [3.05, 3.63) is 23.8 Å². The van der Waals surface area contributed by atoms with Crippen LogP contribution in [-0.4, -0.2) is 36.1 Å². The number of carbonyl (C=O) groups is 1. The van der Waals surface area contributed by atoms with E-state index in [-0.39, 0.29) is 17.7 Å². The van der Waals surface area contributed by atoms with Crippen molar-refractivity contribution >= 4 is 34.1 Å². The minimum Gasteiger partial charge on any atom is -0.497 e. The van der Waals surface area contributed by atoms with Crippen LogP contribution in [0.5, 0.6) is 11.5 Å². The molecule has 1 aromatic heterocycles. The number of carbonyl (C=O) groups excluding carboxylic acids is 1. The Morgan fingerprint density at radius 3 is 2.78 bits per heavy atom. The van der Waals surface area contributed by atoms with Crippen LogP contribution in [0.25, 0.3) is 0 Å². The molecule has 0 aliphatic heterocycles. The summed E-state index contributed by atoms with van der Waals surface area (Å²) in [5.74, 6) is 1.54. The molecule has 9 heteroatoms. The van der Waals surface area contributed by atoms with E-state index in [1.165, 1.54) is 23.1 Å². The van der Waals surface area contributed by atoms with Gasteiger partial charge in [-0.05, 0) is 25.1 Å². The summed E-state index contributed by atoms with van der Waals surface area (Å²) in [7, 11) is 3.19. The summed E-state index contributed by atoms with van der Waals surface area (Å²) >= 11 is 2.56. The second-order valence-corrected chi connectivity index (χ2v) is 6.82. The number of amides is 1. The van der Waals surface area contributed by atoms with Crippen LogP contribution in [0, 0.1) is 0 Å². The monoisotopic (exact) mass is 354 g/mol. The van der Waals surface area contributed by atoms with Gasteiger partial charge < -0.3 is 20.5 Å². The van der Waals surface area contributed by atoms with E-state index < -0.39 is 0 Å². The Morgan fingerprint density at radius 1 is 1.39 bits per heavy atom. The SMILES string of the molecule is COc1ccc(OC)c([C@@H](C)NC(=O)CSc2nnc(N)s2)c1. The Balaban J connectivity index is 1.97. The fourth-order valence-corrected chi connectivity index (χ4v) is 3.39. The van der Waals surface area contributed by atoms with Crippen molar-refractivity contribution in [2.75, 3.05) is 25.7 Å². The van der Waals surface area contributed by atoms with E-state index >= 15 is 0 Å². The topological polar surface area (TPSA) is 99.4 Å². The molecule has 2 rings (SSSR count). The van der Waals surface area contributed by atoms with Crippen LogP contribution in [0.3, 0.4) is 0 Å². The first-order valence-corrected chi connectivity index (χ1v) is 8.56. The first kappa shape index (κ1) is 17.4. The molecule has 0 saturated carbocycles. The number of nitrogen functional groups attached to an aromatic ring is 1. The fourth-order valence-electron chi connectivity index (χ4n) is 1.94. The second kappa shape index (κ2) is 8.02. The molecule has 3 N–H and O–H groups in total. The summed E-state index contributed by atoms with van der Waals surface area (Å²) < 4.78 is 11.2. The molecule has 0 fully saturated rings. The minimum atomic E-state index is -0.215. The zero-order valence-electron chi connectivity index (χ0n) is 13.0. The zero-order chi connectivity index (χ0) is 16.8. The Labute approximate surface area is 142 Å². The van der Waals surface area contributed by atoms with Crippen molar-refractivity contribution in [3.8, 4) is 11.5 Å². The molecular formula is C14H18N4O3S2.